The Morgan fingerprint density at radius 1 is 1.14 bits per heavy atom. The van der Waals surface area contributed by atoms with Crippen LogP contribution in [0.15, 0.2) is 48.0 Å². The highest BCUT2D eigenvalue weighted by molar-refractivity contribution is 7.80. The first kappa shape index (κ1) is 25.4. The van der Waals surface area contributed by atoms with Crippen LogP contribution >= 0.6 is 12.2 Å². The quantitative estimate of drug-likeness (QED) is 0.331. The Hall–Kier alpha value is -3.72. The number of hydrogen-bond donors (Lipinski definition) is 2. The molecule has 1 saturated carbocycles. The number of benzene rings is 2. The minimum Gasteiger partial charge on any atom is -0.496 e. The predicted octanol–water partition coefficient (Wildman–Crippen LogP) is 4.19. The average molecular weight is 508 g/mol. The molecule has 2 aliphatic rings. The van der Waals surface area contributed by atoms with E-state index in [0.29, 0.717) is 22.7 Å². The molecule has 0 spiro atoms. The molecule has 9 heteroatoms. The fraction of sp³-hybridized carbons (Fsp3) is 0.333. The summed E-state index contributed by atoms with van der Waals surface area (Å²) in [6.07, 6.45) is 6.58. The van der Waals surface area contributed by atoms with E-state index in [2.05, 4.69) is 10.6 Å². The van der Waals surface area contributed by atoms with Gasteiger partial charge < -0.3 is 14.8 Å². The van der Waals surface area contributed by atoms with Crippen molar-refractivity contribution >= 4 is 46.8 Å². The second kappa shape index (κ2) is 11.3. The number of ether oxygens (including phenoxy) is 2. The molecule has 0 atom stereocenters. The second-order valence-corrected chi connectivity index (χ2v) is 9.24. The number of thiocarbonyl (C=S) groups is 1. The van der Waals surface area contributed by atoms with Crippen LogP contribution in [0.25, 0.3) is 6.08 Å². The smallest absolute Gasteiger partial charge is 0.265 e. The minimum atomic E-state index is -0.495. The van der Waals surface area contributed by atoms with Crippen LogP contribution in [0.5, 0.6) is 11.5 Å². The van der Waals surface area contributed by atoms with Crippen LogP contribution in [-0.2, 0) is 21.0 Å². The number of carbonyl (C=O) groups excluding carboxylic acids is 3. The van der Waals surface area contributed by atoms with Crippen molar-refractivity contribution in [2.24, 2.45) is 0 Å². The zero-order valence-electron chi connectivity index (χ0n) is 20.3. The minimum absolute atomic E-state index is 0.0135. The van der Waals surface area contributed by atoms with Gasteiger partial charge in [0.2, 0.25) is 5.91 Å². The van der Waals surface area contributed by atoms with Crippen molar-refractivity contribution in [3.63, 3.8) is 0 Å². The molecule has 2 N–H and O–H groups in total. The van der Waals surface area contributed by atoms with E-state index in [1.165, 1.54) is 6.92 Å². The largest absolute Gasteiger partial charge is 0.496 e. The lowest BCUT2D eigenvalue weighted by Gasteiger charge is -2.37. The summed E-state index contributed by atoms with van der Waals surface area (Å²) in [5.74, 6) is 0.242. The summed E-state index contributed by atoms with van der Waals surface area (Å²) in [5.41, 5.74) is 2.16. The molecule has 8 nitrogen and oxygen atoms in total. The van der Waals surface area contributed by atoms with Gasteiger partial charge in [0.05, 0.1) is 7.11 Å². The molecular formula is C27H29N3O5S. The third-order valence-electron chi connectivity index (χ3n) is 6.26. The first-order valence-electron chi connectivity index (χ1n) is 11.9. The number of nitrogens with one attached hydrogen (secondary N) is 2. The second-order valence-electron chi connectivity index (χ2n) is 8.85. The van der Waals surface area contributed by atoms with Crippen LogP contribution < -0.4 is 20.1 Å². The predicted molar refractivity (Wildman–Crippen MR) is 141 cm³/mol. The number of amides is 3. The molecule has 0 aromatic heterocycles. The number of carbonyl (C=O) groups is 3. The van der Waals surface area contributed by atoms with Crippen LogP contribution in [0.2, 0.25) is 0 Å². The molecular weight excluding hydrogens is 478 g/mol. The van der Waals surface area contributed by atoms with Crippen molar-refractivity contribution in [1.82, 2.24) is 10.2 Å². The van der Waals surface area contributed by atoms with E-state index < -0.39 is 5.91 Å². The van der Waals surface area contributed by atoms with Gasteiger partial charge >= 0.3 is 0 Å². The van der Waals surface area contributed by atoms with Crippen LogP contribution in [0.1, 0.15) is 50.2 Å². The zero-order valence-corrected chi connectivity index (χ0v) is 21.2. The van der Waals surface area contributed by atoms with Gasteiger partial charge in [-0.05, 0) is 73.1 Å². The molecule has 1 aliphatic heterocycles. The number of methoxy groups -OCH3 is 1. The lowest BCUT2D eigenvalue weighted by Crippen LogP contribution is -2.57. The van der Waals surface area contributed by atoms with E-state index in [1.807, 2.05) is 6.07 Å². The van der Waals surface area contributed by atoms with E-state index in [4.69, 9.17) is 21.7 Å². The molecule has 188 valence electrons. The van der Waals surface area contributed by atoms with Gasteiger partial charge in [0.25, 0.3) is 11.8 Å². The Kier molecular flexibility index (Phi) is 8.00. The van der Waals surface area contributed by atoms with E-state index in [1.54, 1.807) is 54.5 Å². The highest BCUT2D eigenvalue weighted by Gasteiger charge is 2.38. The summed E-state index contributed by atoms with van der Waals surface area (Å²) in [7, 11) is 1.57. The molecule has 2 aromatic rings. The van der Waals surface area contributed by atoms with Gasteiger partial charge in [0.1, 0.15) is 23.7 Å². The van der Waals surface area contributed by atoms with Crippen LogP contribution in [0, 0.1) is 0 Å². The number of anilines is 1. The summed E-state index contributed by atoms with van der Waals surface area (Å²) in [5, 5.41) is 5.58. The van der Waals surface area contributed by atoms with Gasteiger partial charge in [-0.3, -0.25) is 24.6 Å². The SMILES string of the molecule is COc1ccc(C=C2C(=O)NC(=S)N(C3CCCCC3)C2=O)cc1COc1ccc(NC(C)=O)cc1. The summed E-state index contributed by atoms with van der Waals surface area (Å²) in [6, 6.07) is 12.4. The maximum atomic E-state index is 13.3. The Morgan fingerprint density at radius 3 is 2.53 bits per heavy atom. The first-order chi connectivity index (χ1) is 17.4. The van der Waals surface area contributed by atoms with Crippen LogP contribution in [0.3, 0.4) is 0 Å². The van der Waals surface area contributed by atoms with Crippen molar-refractivity contribution in [2.75, 3.05) is 12.4 Å². The van der Waals surface area contributed by atoms with Gasteiger partial charge in [-0.2, -0.15) is 0 Å². The summed E-state index contributed by atoms with van der Waals surface area (Å²) >= 11 is 5.33. The number of nitrogens with zero attached hydrogens (tertiary/aromatic N) is 1. The van der Waals surface area contributed by atoms with Crippen molar-refractivity contribution in [2.45, 2.75) is 51.7 Å². The Balaban J connectivity index is 1.53. The zero-order chi connectivity index (χ0) is 25.7. The van der Waals surface area contributed by atoms with Crippen molar-refractivity contribution in [3.8, 4) is 11.5 Å². The lowest BCUT2D eigenvalue weighted by atomic mass is 9.93. The molecule has 1 saturated heterocycles. The molecule has 0 bridgehead atoms. The Morgan fingerprint density at radius 2 is 1.86 bits per heavy atom. The van der Waals surface area contributed by atoms with Gasteiger partial charge in [0, 0.05) is 24.2 Å². The highest BCUT2D eigenvalue weighted by Crippen LogP contribution is 2.28. The third-order valence-corrected chi connectivity index (χ3v) is 6.56. The summed E-state index contributed by atoms with van der Waals surface area (Å²) < 4.78 is 11.4. The van der Waals surface area contributed by atoms with E-state index in [9.17, 15) is 14.4 Å². The average Bonchev–Trinajstić information content (AvgIpc) is 2.86. The van der Waals surface area contributed by atoms with Crippen molar-refractivity contribution < 1.29 is 23.9 Å². The molecule has 1 aliphatic carbocycles. The fourth-order valence-electron chi connectivity index (χ4n) is 4.51. The maximum absolute atomic E-state index is 13.3. The Bertz CT molecular complexity index is 1200. The van der Waals surface area contributed by atoms with Crippen molar-refractivity contribution in [3.05, 3.63) is 59.2 Å². The van der Waals surface area contributed by atoms with Crippen LogP contribution in [0.4, 0.5) is 5.69 Å². The Labute approximate surface area is 215 Å². The van der Waals surface area contributed by atoms with E-state index in [-0.39, 0.29) is 35.1 Å². The molecule has 0 unspecified atom stereocenters. The normalized spacial score (nSPS) is 17.7. The summed E-state index contributed by atoms with van der Waals surface area (Å²) in [4.78, 5) is 38.7. The number of rotatable bonds is 7. The molecule has 36 heavy (non-hydrogen) atoms. The molecule has 0 radical (unpaired) electrons. The molecule has 4 rings (SSSR count). The molecule has 2 aromatic carbocycles. The monoisotopic (exact) mass is 507 g/mol. The highest BCUT2D eigenvalue weighted by atomic mass is 32.1. The lowest BCUT2D eigenvalue weighted by molar-refractivity contribution is -0.130. The summed E-state index contributed by atoms with van der Waals surface area (Å²) in [6.45, 7) is 1.66. The van der Waals surface area contributed by atoms with Gasteiger partial charge in [-0.1, -0.05) is 25.3 Å². The van der Waals surface area contributed by atoms with E-state index in [0.717, 1.165) is 37.7 Å². The topological polar surface area (TPSA) is 97.0 Å². The molecule has 1 heterocycles. The van der Waals surface area contributed by atoms with Gasteiger partial charge in [-0.15, -0.1) is 0 Å². The maximum Gasteiger partial charge on any atom is 0.265 e. The van der Waals surface area contributed by atoms with Crippen LogP contribution in [-0.4, -0.2) is 40.9 Å². The third kappa shape index (κ3) is 5.91. The molecule has 3 amide bonds. The number of hydrogen-bond acceptors (Lipinski definition) is 6. The van der Waals surface area contributed by atoms with E-state index >= 15 is 0 Å². The fourth-order valence-corrected chi connectivity index (χ4v) is 4.83. The van der Waals surface area contributed by atoms with Crippen molar-refractivity contribution in [1.29, 1.82) is 0 Å². The standard InChI is InChI=1S/C27H29N3O5S/c1-17(31)28-20-9-11-22(12-10-20)35-16-19-14-18(8-13-24(19)34-2)15-23-25(32)29-27(36)30(26(23)33)21-6-4-3-5-7-21/h8-15,21H,3-7,16H2,1-2H3,(H,28,31)(H,29,32,36). The van der Waals surface area contributed by atoms with Gasteiger partial charge in [0.15, 0.2) is 5.11 Å². The van der Waals surface area contributed by atoms with Gasteiger partial charge in [-0.25, -0.2) is 0 Å². The first-order valence-corrected chi connectivity index (χ1v) is 12.3. The molecule has 2 fully saturated rings.